The van der Waals surface area contributed by atoms with Crippen molar-refractivity contribution in [2.45, 2.75) is 13.3 Å². The molecule has 0 aliphatic heterocycles. The van der Waals surface area contributed by atoms with Crippen LogP contribution in [0.5, 0.6) is 5.75 Å². The lowest BCUT2D eigenvalue weighted by molar-refractivity contribution is -0.274. The molecule has 0 radical (unpaired) electrons. The van der Waals surface area contributed by atoms with Gasteiger partial charge in [-0.15, -0.1) is 13.2 Å². The largest absolute Gasteiger partial charge is 0.573 e. The van der Waals surface area contributed by atoms with Crippen LogP contribution in [0.25, 0.3) is 11.1 Å². The summed E-state index contributed by atoms with van der Waals surface area (Å²) in [4.78, 5) is 4.10. The second kappa shape index (κ2) is 4.79. The molecule has 0 aliphatic rings. The van der Waals surface area contributed by atoms with Crippen molar-refractivity contribution in [3.05, 3.63) is 42.1 Å². The smallest absolute Gasteiger partial charge is 0.406 e. The molecule has 100 valence electrons. The number of hydrogen-bond acceptors (Lipinski definition) is 3. The first-order valence-corrected chi connectivity index (χ1v) is 5.44. The number of hydrogen-bond donors (Lipinski definition) is 1. The Bertz CT molecular complexity index is 579. The number of nitrogens with zero attached hydrogens (tertiary/aromatic N) is 1. The molecule has 0 saturated heterocycles. The Morgan fingerprint density at radius 1 is 1.05 bits per heavy atom. The number of rotatable bonds is 2. The van der Waals surface area contributed by atoms with E-state index in [0.29, 0.717) is 11.5 Å². The molecule has 2 N–H and O–H groups in total. The van der Waals surface area contributed by atoms with E-state index in [1.165, 1.54) is 12.1 Å². The molecule has 1 aromatic carbocycles. The minimum Gasteiger partial charge on any atom is -0.406 e. The molecule has 19 heavy (non-hydrogen) atoms. The summed E-state index contributed by atoms with van der Waals surface area (Å²) in [6.07, 6.45) is -4.68. The summed E-state index contributed by atoms with van der Waals surface area (Å²) in [6, 6.07) is 9.03. The fraction of sp³-hybridized carbons (Fsp3) is 0.154. The number of aryl methyl sites for hydroxylation is 1. The van der Waals surface area contributed by atoms with Crippen molar-refractivity contribution in [1.82, 2.24) is 4.98 Å². The molecule has 0 bridgehead atoms. The van der Waals surface area contributed by atoms with Gasteiger partial charge < -0.3 is 10.5 Å². The quantitative estimate of drug-likeness (QED) is 0.906. The third-order valence-corrected chi connectivity index (χ3v) is 2.51. The van der Waals surface area contributed by atoms with E-state index >= 15 is 0 Å². The van der Waals surface area contributed by atoms with E-state index < -0.39 is 6.36 Å². The van der Waals surface area contributed by atoms with Crippen LogP contribution >= 0.6 is 0 Å². The minimum absolute atomic E-state index is 0.252. The molecule has 1 heterocycles. The Kier molecular flexibility index (Phi) is 3.33. The second-order valence-electron chi connectivity index (χ2n) is 3.94. The van der Waals surface area contributed by atoms with Crippen molar-refractivity contribution >= 4 is 5.82 Å². The van der Waals surface area contributed by atoms with Gasteiger partial charge in [0.15, 0.2) is 0 Å². The normalized spacial score (nSPS) is 11.4. The van der Waals surface area contributed by atoms with Crippen molar-refractivity contribution in [2.24, 2.45) is 0 Å². The summed E-state index contributed by atoms with van der Waals surface area (Å²) in [7, 11) is 0. The van der Waals surface area contributed by atoms with Crippen LogP contribution in [-0.2, 0) is 0 Å². The number of alkyl halides is 3. The van der Waals surface area contributed by atoms with Crippen LogP contribution in [0.4, 0.5) is 19.0 Å². The number of benzene rings is 1. The van der Waals surface area contributed by atoms with Crippen molar-refractivity contribution in [2.75, 3.05) is 5.73 Å². The number of anilines is 1. The lowest BCUT2D eigenvalue weighted by atomic mass is 10.0. The monoisotopic (exact) mass is 268 g/mol. The average Bonchev–Trinajstić information content (AvgIpc) is 2.28. The van der Waals surface area contributed by atoms with Crippen molar-refractivity contribution in [3.63, 3.8) is 0 Å². The van der Waals surface area contributed by atoms with Gasteiger partial charge in [-0.25, -0.2) is 4.98 Å². The van der Waals surface area contributed by atoms with Gasteiger partial charge in [-0.1, -0.05) is 12.1 Å². The minimum atomic E-state index is -4.68. The van der Waals surface area contributed by atoms with Crippen LogP contribution in [0, 0.1) is 6.92 Å². The summed E-state index contributed by atoms with van der Waals surface area (Å²) in [5, 5.41) is 0. The maximum absolute atomic E-state index is 12.0. The Morgan fingerprint density at radius 3 is 2.21 bits per heavy atom. The zero-order valence-electron chi connectivity index (χ0n) is 10.0. The van der Waals surface area contributed by atoms with E-state index in [2.05, 4.69) is 9.72 Å². The predicted octanol–water partition coefficient (Wildman–Crippen LogP) is 3.54. The van der Waals surface area contributed by atoms with Crippen LogP contribution in [-0.4, -0.2) is 11.3 Å². The number of pyridine rings is 1. The van der Waals surface area contributed by atoms with Gasteiger partial charge in [0.1, 0.15) is 11.6 Å². The molecule has 6 heteroatoms. The van der Waals surface area contributed by atoms with Crippen molar-refractivity contribution in [1.29, 1.82) is 0 Å². The number of halogens is 3. The fourth-order valence-corrected chi connectivity index (χ4v) is 1.72. The SMILES string of the molecule is Cc1nc(N)ccc1-c1ccc(OC(F)(F)F)cc1. The number of nitrogen functional groups attached to an aromatic ring is 1. The lowest BCUT2D eigenvalue weighted by Crippen LogP contribution is -2.16. The molecule has 2 rings (SSSR count). The lowest BCUT2D eigenvalue weighted by Gasteiger charge is -2.10. The summed E-state index contributed by atoms with van der Waals surface area (Å²) >= 11 is 0. The third-order valence-electron chi connectivity index (χ3n) is 2.51. The Labute approximate surface area is 107 Å². The number of aromatic nitrogens is 1. The van der Waals surface area contributed by atoms with E-state index in [9.17, 15) is 13.2 Å². The van der Waals surface area contributed by atoms with Crippen LogP contribution in [0.15, 0.2) is 36.4 Å². The summed E-state index contributed by atoms with van der Waals surface area (Å²) in [6.45, 7) is 1.78. The van der Waals surface area contributed by atoms with Gasteiger partial charge in [0.2, 0.25) is 0 Å². The van der Waals surface area contributed by atoms with Gasteiger partial charge in [-0.05, 0) is 36.8 Å². The molecule has 1 aromatic heterocycles. The molecule has 0 fully saturated rings. The third kappa shape index (κ3) is 3.37. The Morgan fingerprint density at radius 2 is 1.68 bits per heavy atom. The zero-order valence-corrected chi connectivity index (χ0v) is 10.0. The van der Waals surface area contributed by atoms with E-state index in [1.54, 1.807) is 31.2 Å². The van der Waals surface area contributed by atoms with Gasteiger partial charge in [0.05, 0.1) is 0 Å². The average molecular weight is 268 g/mol. The van der Waals surface area contributed by atoms with E-state index in [1.807, 2.05) is 0 Å². The molecule has 0 atom stereocenters. The summed E-state index contributed by atoms with van der Waals surface area (Å²) < 4.78 is 39.9. The number of ether oxygens (including phenoxy) is 1. The first-order valence-electron chi connectivity index (χ1n) is 5.44. The summed E-state index contributed by atoms with van der Waals surface area (Å²) in [5.41, 5.74) is 7.82. The second-order valence-corrected chi connectivity index (χ2v) is 3.94. The number of nitrogens with two attached hydrogens (primary N) is 1. The fourth-order valence-electron chi connectivity index (χ4n) is 1.72. The molecule has 0 saturated carbocycles. The van der Waals surface area contributed by atoms with E-state index in [4.69, 9.17) is 5.73 Å². The first-order chi connectivity index (χ1) is 8.85. The standard InChI is InChI=1S/C13H11F3N2O/c1-8-11(6-7-12(17)18-8)9-2-4-10(5-3-9)19-13(14,15)16/h2-7H,1H3,(H2,17,18). The van der Waals surface area contributed by atoms with Crippen LogP contribution in [0.3, 0.4) is 0 Å². The Balaban J connectivity index is 2.27. The van der Waals surface area contributed by atoms with Gasteiger partial charge in [0.25, 0.3) is 0 Å². The maximum atomic E-state index is 12.0. The highest BCUT2D eigenvalue weighted by molar-refractivity contribution is 5.67. The molecule has 0 amide bonds. The van der Waals surface area contributed by atoms with Gasteiger partial charge >= 0.3 is 6.36 Å². The van der Waals surface area contributed by atoms with Crippen molar-refractivity contribution in [3.8, 4) is 16.9 Å². The van der Waals surface area contributed by atoms with Gasteiger partial charge in [0, 0.05) is 11.3 Å². The molecular weight excluding hydrogens is 257 g/mol. The molecule has 0 unspecified atom stereocenters. The zero-order chi connectivity index (χ0) is 14.0. The topological polar surface area (TPSA) is 48.1 Å². The molecule has 0 spiro atoms. The van der Waals surface area contributed by atoms with Crippen LogP contribution < -0.4 is 10.5 Å². The molecule has 2 aromatic rings. The summed E-state index contributed by atoms with van der Waals surface area (Å²) in [5.74, 6) is 0.149. The highest BCUT2D eigenvalue weighted by Crippen LogP contribution is 2.27. The highest BCUT2D eigenvalue weighted by atomic mass is 19.4. The van der Waals surface area contributed by atoms with Crippen molar-refractivity contribution < 1.29 is 17.9 Å². The van der Waals surface area contributed by atoms with E-state index in [0.717, 1.165) is 11.1 Å². The molecular formula is C13H11F3N2O. The predicted molar refractivity (Wildman–Crippen MR) is 65.5 cm³/mol. The van der Waals surface area contributed by atoms with Crippen LogP contribution in [0.2, 0.25) is 0 Å². The van der Waals surface area contributed by atoms with E-state index in [-0.39, 0.29) is 5.75 Å². The first kappa shape index (κ1) is 13.2. The molecule has 0 aliphatic carbocycles. The van der Waals surface area contributed by atoms with Gasteiger partial charge in [-0.3, -0.25) is 0 Å². The maximum Gasteiger partial charge on any atom is 0.573 e. The molecule has 3 nitrogen and oxygen atoms in total. The van der Waals surface area contributed by atoms with Crippen LogP contribution in [0.1, 0.15) is 5.69 Å². The van der Waals surface area contributed by atoms with Gasteiger partial charge in [-0.2, -0.15) is 0 Å². The highest BCUT2D eigenvalue weighted by Gasteiger charge is 2.30. The Hall–Kier alpha value is -2.24.